The molecule has 5 aromatic rings. The molecule has 0 atom stereocenters. The van der Waals surface area contributed by atoms with Gasteiger partial charge in [-0.3, -0.25) is 0 Å². The number of aliphatic imine (C=N–C) groups is 1. The van der Waals surface area contributed by atoms with E-state index in [-0.39, 0.29) is 16.2 Å². The summed E-state index contributed by atoms with van der Waals surface area (Å²) in [6.07, 6.45) is 0.639. The van der Waals surface area contributed by atoms with Gasteiger partial charge in [-0.15, -0.1) is 0 Å². The zero-order chi connectivity index (χ0) is 28.1. The number of guanidine groups is 1. The molecule has 9 heteroatoms. The summed E-state index contributed by atoms with van der Waals surface area (Å²) in [5, 5.41) is 0.951. The molecule has 0 N–H and O–H groups in total. The highest BCUT2D eigenvalue weighted by atomic mass is 32.2. The molecule has 41 heavy (non-hydrogen) atoms. The Hall–Kier alpha value is -4.73. The summed E-state index contributed by atoms with van der Waals surface area (Å²) < 4.78 is 40.5. The summed E-state index contributed by atoms with van der Waals surface area (Å²) in [4.78, 5) is 20.4. The fraction of sp³-hybridized carbons (Fsp3) is 0.125. The van der Waals surface area contributed by atoms with Crippen molar-refractivity contribution in [3.63, 3.8) is 0 Å². The third kappa shape index (κ3) is 3.96. The van der Waals surface area contributed by atoms with Crippen LogP contribution < -0.4 is 14.8 Å². The lowest BCUT2D eigenvalue weighted by Gasteiger charge is -2.27. The van der Waals surface area contributed by atoms with Crippen molar-refractivity contribution in [3.05, 3.63) is 107 Å². The molecular formula is C32H25N3O5S. The van der Waals surface area contributed by atoms with Gasteiger partial charge in [-0.1, -0.05) is 72.8 Å². The molecule has 1 aromatic heterocycles. The lowest BCUT2D eigenvalue weighted by Crippen LogP contribution is -2.44. The van der Waals surface area contributed by atoms with Crippen LogP contribution in [0.2, 0.25) is 0 Å². The van der Waals surface area contributed by atoms with Crippen LogP contribution in [0.5, 0.6) is 0 Å². The lowest BCUT2D eigenvalue weighted by molar-refractivity contribution is 0.197. The van der Waals surface area contributed by atoms with Crippen LogP contribution in [0.15, 0.2) is 116 Å². The lowest BCUT2D eigenvalue weighted by atomic mass is 9.94. The number of nitrogens with zero attached hydrogens (tertiary/aromatic N) is 3. The average Bonchev–Trinajstić information content (AvgIpc) is 3.30. The molecule has 4 aromatic carbocycles. The molecule has 8 nitrogen and oxygen atoms in total. The molecule has 2 aliphatic rings. The second kappa shape index (κ2) is 9.72. The third-order valence-electron chi connectivity index (χ3n) is 7.39. The minimum Gasteiger partial charge on any atom is -0.422 e. The van der Waals surface area contributed by atoms with Crippen LogP contribution in [0.3, 0.4) is 0 Å². The average molecular weight is 564 g/mol. The standard InChI is InChI=1S/C32H25N3O5S/c1-39-18-10-17-34-26-19-23-24(20-27(26)35-32(34)33-25-15-8-9-16-28(25)41(35,37)38)31(36)40-30(22-13-6-3-7-14-22)29(23)21-11-4-2-5-12-21/h2-9,11-16,19-20H,10,17-18H2,1H3. The van der Waals surface area contributed by atoms with E-state index in [9.17, 15) is 13.2 Å². The van der Waals surface area contributed by atoms with Crippen LogP contribution in [-0.4, -0.2) is 34.6 Å². The van der Waals surface area contributed by atoms with Gasteiger partial charge in [-0.2, -0.15) is 0 Å². The monoisotopic (exact) mass is 563 g/mol. The summed E-state index contributed by atoms with van der Waals surface area (Å²) >= 11 is 0. The predicted molar refractivity (Wildman–Crippen MR) is 160 cm³/mol. The van der Waals surface area contributed by atoms with Crippen molar-refractivity contribution < 1.29 is 17.6 Å². The number of hydrogen-bond donors (Lipinski definition) is 0. The minimum atomic E-state index is -3.99. The van der Waals surface area contributed by atoms with E-state index in [0.717, 1.165) is 16.7 Å². The zero-order valence-corrected chi connectivity index (χ0v) is 23.0. The first kappa shape index (κ1) is 25.3. The van der Waals surface area contributed by atoms with Gasteiger partial charge in [0, 0.05) is 36.8 Å². The van der Waals surface area contributed by atoms with E-state index < -0.39 is 15.6 Å². The van der Waals surface area contributed by atoms with Crippen LogP contribution in [0.1, 0.15) is 6.42 Å². The van der Waals surface area contributed by atoms with Crippen molar-refractivity contribution >= 4 is 43.8 Å². The molecular weight excluding hydrogens is 538 g/mol. The summed E-state index contributed by atoms with van der Waals surface area (Å²) in [5.74, 6) is 0.729. The molecule has 0 saturated heterocycles. The van der Waals surface area contributed by atoms with Crippen molar-refractivity contribution in [2.45, 2.75) is 11.3 Å². The maximum absolute atomic E-state index is 14.0. The van der Waals surface area contributed by atoms with E-state index in [0.29, 0.717) is 47.8 Å². The molecule has 0 aliphatic carbocycles. The highest BCUT2D eigenvalue weighted by Gasteiger charge is 2.45. The van der Waals surface area contributed by atoms with Gasteiger partial charge in [-0.05, 0) is 36.2 Å². The van der Waals surface area contributed by atoms with Gasteiger partial charge in [0.15, 0.2) is 0 Å². The Kier molecular flexibility index (Phi) is 5.99. The number of methoxy groups -OCH3 is 1. The molecule has 7 rings (SSSR count). The van der Waals surface area contributed by atoms with Gasteiger partial charge in [0.2, 0.25) is 5.96 Å². The molecule has 0 radical (unpaired) electrons. The summed E-state index contributed by atoms with van der Waals surface area (Å²) in [6.45, 7) is 0.958. The van der Waals surface area contributed by atoms with Crippen LogP contribution in [0.4, 0.5) is 17.1 Å². The molecule has 0 amide bonds. The fourth-order valence-corrected chi connectivity index (χ4v) is 7.15. The Morgan fingerprint density at radius 2 is 1.49 bits per heavy atom. The van der Waals surface area contributed by atoms with E-state index in [2.05, 4.69) is 0 Å². The van der Waals surface area contributed by atoms with Crippen molar-refractivity contribution in [2.75, 3.05) is 29.5 Å². The van der Waals surface area contributed by atoms with Crippen LogP contribution >= 0.6 is 0 Å². The normalized spacial score (nSPS) is 14.9. The smallest absolute Gasteiger partial charge is 0.344 e. The van der Waals surface area contributed by atoms with Gasteiger partial charge in [0.1, 0.15) is 10.7 Å². The maximum atomic E-state index is 14.0. The topological polar surface area (TPSA) is 92.4 Å². The Morgan fingerprint density at radius 1 is 0.829 bits per heavy atom. The van der Waals surface area contributed by atoms with Gasteiger partial charge < -0.3 is 14.1 Å². The molecule has 2 aliphatic heterocycles. The van der Waals surface area contributed by atoms with Crippen molar-refractivity contribution in [1.29, 1.82) is 0 Å². The Bertz CT molecular complexity index is 2000. The molecule has 0 spiro atoms. The number of rotatable bonds is 6. The van der Waals surface area contributed by atoms with Crippen molar-refractivity contribution in [2.24, 2.45) is 4.99 Å². The first-order chi connectivity index (χ1) is 20.0. The van der Waals surface area contributed by atoms with E-state index in [4.69, 9.17) is 14.1 Å². The highest BCUT2D eigenvalue weighted by Crippen LogP contribution is 2.48. The second-order valence-corrected chi connectivity index (χ2v) is 11.6. The van der Waals surface area contributed by atoms with Gasteiger partial charge in [-0.25, -0.2) is 22.5 Å². The largest absolute Gasteiger partial charge is 0.422 e. The predicted octanol–water partition coefficient (Wildman–Crippen LogP) is 6.18. The molecule has 3 heterocycles. The van der Waals surface area contributed by atoms with Crippen LogP contribution in [-0.2, 0) is 14.8 Å². The first-order valence-electron chi connectivity index (χ1n) is 13.2. The SMILES string of the molecule is COCCCN1C2=Nc3ccccc3S(=O)(=O)N2c2cc3c(=O)oc(-c4ccccc4)c(-c4ccccc4)c3cc21. The van der Waals surface area contributed by atoms with Crippen molar-refractivity contribution in [3.8, 4) is 22.5 Å². The summed E-state index contributed by atoms with van der Waals surface area (Å²) in [5.41, 5.74) is 3.23. The van der Waals surface area contributed by atoms with Crippen LogP contribution in [0.25, 0.3) is 33.2 Å². The highest BCUT2D eigenvalue weighted by molar-refractivity contribution is 7.94. The number of hydrogen-bond acceptors (Lipinski definition) is 7. The number of sulfonamides is 1. The Morgan fingerprint density at radius 3 is 2.22 bits per heavy atom. The molecule has 0 fully saturated rings. The second-order valence-electron chi connectivity index (χ2n) is 9.86. The number of benzene rings is 4. The quantitative estimate of drug-likeness (QED) is 0.229. The number of fused-ring (bicyclic) bond motifs is 5. The van der Waals surface area contributed by atoms with Crippen LogP contribution in [0, 0.1) is 0 Å². The van der Waals surface area contributed by atoms with Gasteiger partial charge in [0.05, 0.1) is 22.4 Å². The van der Waals surface area contributed by atoms with E-state index in [1.807, 2.05) is 71.6 Å². The number of para-hydroxylation sites is 1. The van der Waals surface area contributed by atoms with Gasteiger partial charge >= 0.3 is 5.63 Å². The molecule has 0 bridgehead atoms. The Balaban J connectivity index is 1.55. The number of anilines is 2. The summed E-state index contributed by atoms with van der Waals surface area (Å²) in [7, 11) is -2.36. The van der Waals surface area contributed by atoms with E-state index in [1.54, 1.807) is 37.4 Å². The van der Waals surface area contributed by atoms with E-state index >= 15 is 0 Å². The van der Waals surface area contributed by atoms with E-state index in [1.165, 1.54) is 4.31 Å². The van der Waals surface area contributed by atoms with Crippen molar-refractivity contribution in [1.82, 2.24) is 0 Å². The zero-order valence-electron chi connectivity index (χ0n) is 22.2. The third-order valence-corrected chi connectivity index (χ3v) is 9.13. The summed E-state index contributed by atoms with van der Waals surface area (Å²) in [6, 6.07) is 29.4. The fourth-order valence-electron chi connectivity index (χ4n) is 5.57. The first-order valence-corrected chi connectivity index (χ1v) is 14.7. The van der Waals surface area contributed by atoms with Gasteiger partial charge in [0.25, 0.3) is 10.0 Å². The number of ether oxygens (including phenoxy) is 1. The Labute approximate surface area is 236 Å². The molecule has 0 saturated carbocycles. The maximum Gasteiger partial charge on any atom is 0.344 e. The minimum absolute atomic E-state index is 0.116. The molecule has 204 valence electrons. The molecule has 0 unspecified atom stereocenters.